The lowest BCUT2D eigenvalue weighted by Crippen LogP contribution is -2.38. The van der Waals surface area contributed by atoms with Crippen LogP contribution in [0.15, 0.2) is 88.1 Å². The fraction of sp³-hybridized carbons (Fsp3) is 0.120. The number of ether oxygens (including phenoxy) is 2. The topological polar surface area (TPSA) is 144 Å². The van der Waals surface area contributed by atoms with Crippen LogP contribution in [0.3, 0.4) is 0 Å². The van der Waals surface area contributed by atoms with Gasteiger partial charge in [-0.05, 0) is 60.7 Å². The van der Waals surface area contributed by atoms with Gasteiger partial charge in [-0.3, -0.25) is 13.8 Å². The quantitative estimate of drug-likeness (QED) is 0.295. The van der Waals surface area contributed by atoms with E-state index in [4.69, 9.17) is 9.47 Å². The highest BCUT2D eigenvalue weighted by atomic mass is 32.2. The molecular weight excluding hydrogens is 583 g/mol. The number of nitrogens with zero attached hydrogens (tertiary/aromatic N) is 2. The average molecular weight is 605 g/mol. The van der Waals surface area contributed by atoms with Gasteiger partial charge in [0.25, 0.3) is 20.0 Å². The number of amides is 1. The van der Waals surface area contributed by atoms with Crippen molar-refractivity contribution >= 4 is 53.8 Å². The number of nitrogens with one attached hydrogen (secondary N) is 2. The number of sulfonamides is 2. The molecule has 4 aromatic rings. The van der Waals surface area contributed by atoms with Crippen molar-refractivity contribution in [1.82, 2.24) is 4.98 Å². The second-order valence-electron chi connectivity index (χ2n) is 8.31. The van der Waals surface area contributed by atoms with Gasteiger partial charge in [-0.25, -0.2) is 26.2 Å². The van der Waals surface area contributed by atoms with Crippen LogP contribution < -0.4 is 23.8 Å². The van der Waals surface area contributed by atoms with Crippen molar-refractivity contribution in [1.29, 1.82) is 0 Å². The second-order valence-corrected chi connectivity index (χ2v) is 12.7. The van der Waals surface area contributed by atoms with E-state index in [0.717, 1.165) is 27.8 Å². The molecule has 1 amide bonds. The molecule has 0 aliphatic carbocycles. The maximum Gasteiger partial charge on any atom is 0.264 e. The lowest BCUT2D eigenvalue weighted by Gasteiger charge is -2.25. The van der Waals surface area contributed by atoms with Gasteiger partial charge in [0, 0.05) is 23.3 Å². The SMILES string of the molecule is O=C(CN(c1ccc(F)cc1)S(=O)(=O)c1ccc2c(c1)OCCO2)Nc1ccc(S(=O)(=O)Nc2nccs2)cc1. The Morgan fingerprint density at radius 1 is 0.925 bits per heavy atom. The Morgan fingerprint density at radius 2 is 1.60 bits per heavy atom. The molecule has 1 aliphatic heterocycles. The van der Waals surface area contributed by atoms with E-state index in [9.17, 15) is 26.0 Å². The monoisotopic (exact) mass is 604 g/mol. The van der Waals surface area contributed by atoms with E-state index in [1.165, 1.54) is 60.8 Å². The summed E-state index contributed by atoms with van der Waals surface area (Å²) >= 11 is 1.12. The lowest BCUT2D eigenvalue weighted by atomic mass is 10.3. The van der Waals surface area contributed by atoms with Gasteiger partial charge in [0.15, 0.2) is 16.6 Å². The van der Waals surface area contributed by atoms with Gasteiger partial charge in [0.2, 0.25) is 5.91 Å². The second kappa shape index (κ2) is 11.1. The molecule has 208 valence electrons. The summed E-state index contributed by atoms with van der Waals surface area (Å²) in [6, 6.07) is 14.1. The van der Waals surface area contributed by atoms with Crippen molar-refractivity contribution in [3.63, 3.8) is 0 Å². The first-order chi connectivity index (χ1) is 19.1. The normalized spacial score (nSPS) is 12.9. The Bertz CT molecular complexity index is 1730. The maximum atomic E-state index is 13.7. The van der Waals surface area contributed by atoms with Crippen LogP contribution in [0, 0.1) is 5.82 Å². The number of hydrogen-bond donors (Lipinski definition) is 2. The number of halogens is 1. The summed E-state index contributed by atoms with van der Waals surface area (Å²) < 4.78 is 80.1. The molecule has 1 aliphatic rings. The number of aromatic nitrogens is 1. The predicted octanol–water partition coefficient (Wildman–Crippen LogP) is 3.69. The summed E-state index contributed by atoms with van der Waals surface area (Å²) in [5.74, 6) is -0.662. The Hall–Kier alpha value is -4.21. The molecule has 5 rings (SSSR count). The molecule has 0 bridgehead atoms. The summed E-state index contributed by atoms with van der Waals surface area (Å²) in [7, 11) is -8.21. The third kappa shape index (κ3) is 6.00. The van der Waals surface area contributed by atoms with Crippen LogP contribution in [0.1, 0.15) is 0 Å². The van der Waals surface area contributed by atoms with Gasteiger partial charge in [0.05, 0.1) is 15.5 Å². The molecule has 0 saturated heterocycles. The van der Waals surface area contributed by atoms with Crippen molar-refractivity contribution in [3.05, 3.63) is 84.1 Å². The third-order valence-electron chi connectivity index (χ3n) is 5.61. The fourth-order valence-electron chi connectivity index (χ4n) is 3.73. The maximum absolute atomic E-state index is 13.7. The molecule has 0 fully saturated rings. The minimum Gasteiger partial charge on any atom is -0.486 e. The molecule has 0 unspecified atom stereocenters. The first kappa shape index (κ1) is 27.4. The minimum atomic E-state index is -4.32. The van der Waals surface area contributed by atoms with E-state index in [2.05, 4.69) is 15.0 Å². The van der Waals surface area contributed by atoms with Gasteiger partial charge in [-0.2, -0.15) is 0 Å². The Labute approximate surface area is 233 Å². The molecule has 2 N–H and O–H groups in total. The van der Waals surface area contributed by atoms with Crippen molar-refractivity contribution in [3.8, 4) is 11.5 Å². The predicted molar refractivity (Wildman–Crippen MR) is 146 cm³/mol. The van der Waals surface area contributed by atoms with Crippen molar-refractivity contribution in [2.45, 2.75) is 9.79 Å². The van der Waals surface area contributed by atoms with Gasteiger partial charge >= 0.3 is 0 Å². The zero-order valence-corrected chi connectivity index (χ0v) is 22.9. The van der Waals surface area contributed by atoms with Crippen LogP contribution in [-0.4, -0.2) is 47.5 Å². The van der Waals surface area contributed by atoms with E-state index in [-0.39, 0.29) is 38.7 Å². The fourth-order valence-corrected chi connectivity index (χ4v) is 6.96. The van der Waals surface area contributed by atoms with E-state index in [1.807, 2.05) is 0 Å². The van der Waals surface area contributed by atoms with Crippen LogP contribution in [0.25, 0.3) is 0 Å². The van der Waals surface area contributed by atoms with Gasteiger partial charge in [0.1, 0.15) is 25.6 Å². The summed E-state index contributed by atoms with van der Waals surface area (Å²) in [4.78, 5) is 16.7. The third-order valence-corrected chi connectivity index (χ3v) is 9.55. The van der Waals surface area contributed by atoms with Crippen molar-refractivity contribution < 1.29 is 35.5 Å². The Kier molecular flexibility index (Phi) is 7.60. The standard InChI is InChI=1S/C25H21FN4O7S3/c26-17-1-5-19(6-2-17)30(40(34,35)21-9-10-22-23(15-21)37-13-12-36-22)16-24(31)28-18-3-7-20(8-4-18)39(32,33)29-25-27-11-14-38-25/h1-11,14-15H,12-13,16H2,(H,27,29)(H,28,31). The van der Waals surface area contributed by atoms with Gasteiger partial charge < -0.3 is 14.8 Å². The van der Waals surface area contributed by atoms with Crippen LogP contribution >= 0.6 is 11.3 Å². The number of rotatable bonds is 9. The van der Waals surface area contributed by atoms with Crippen LogP contribution in [0.5, 0.6) is 11.5 Å². The van der Waals surface area contributed by atoms with Crippen molar-refractivity contribution in [2.75, 3.05) is 34.1 Å². The lowest BCUT2D eigenvalue weighted by molar-refractivity contribution is -0.114. The van der Waals surface area contributed by atoms with Crippen LogP contribution in [-0.2, 0) is 24.8 Å². The molecule has 1 aromatic heterocycles. The highest BCUT2D eigenvalue weighted by Gasteiger charge is 2.29. The van der Waals surface area contributed by atoms with E-state index >= 15 is 0 Å². The molecule has 0 radical (unpaired) electrons. The number of carbonyl (C=O) groups is 1. The average Bonchev–Trinajstić information content (AvgIpc) is 3.44. The molecule has 11 nitrogen and oxygen atoms in total. The number of anilines is 3. The smallest absolute Gasteiger partial charge is 0.264 e. The molecule has 3 aromatic carbocycles. The first-order valence-electron chi connectivity index (χ1n) is 11.6. The van der Waals surface area contributed by atoms with E-state index in [1.54, 1.807) is 5.38 Å². The van der Waals surface area contributed by atoms with Gasteiger partial charge in [-0.15, -0.1) is 11.3 Å². The molecule has 0 spiro atoms. The number of benzene rings is 3. The highest BCUT2D eigenvalue weighted by molar-refractivity contribution is 7.93. The first-order valence-corrected chi connectivity index (χ1v) is 15.4. The summed E-state index contributed by atoms with van der Waals surface area (Å²) in [5.41, 5.74) is 0.287. The Morgan fingerprint density at radius 3 is 2.27 bits per heavy atom. The number of hydrogen-bond acceptors (Lipinski definition) is 9. The zero-order valence-electron chi connectivity index (χ0n) is 20.5. The minimum absolute atomic E-state index is 0.0566. The van der Waals surface area contributed by atoms with Crippen molar-refractivity contribution in [2.24, 2.45) is 0 Å². The Balaban J connectivity index is 1.36. The summed E-state index contributed by atoms with van der Waals surface area (Å²) in [6.45, 7) is -0.0774. The number of carbonyl (C=O) groups excluding carboxylic acids is 1. The molecule has 2 heterocycles. The largest absolute Gasteiger partial charge is 0.486 e. The highest BCUT2D eigenvalue weighted by Crippen LogP contribution is 2.34. The van der Waals surface area contributed by atoms with E-state index < -0.39 is 38.3 Å². The molecule has 15 heteroatoms. The summed E-state index contributed by atoms with van der Waals surface area (Å²) in [5, 5.41) is 4.39. The van der Waals surface area contributed by atoms with Crippen LogP contribution in [0.2, 0.25) is 0 Å². The number of thiazole rings is 1. The van der Waals surface area contributed by atoms with E-state index in [0.29, 0.717) is 12.4 Å². The zero-order chi connectivity index (χ0) is 28.3. The summed E-state index contributed by atoms with van der Waals surface area (Å²) in [6.07, 6.45) is 1.46. The molecule has 0 atom stereocenters. The van der Waals surface area contributed by atoms with Crippen LogP contribution in [0.4, 0.5) is 20.9 Å². The molecule has 0 saturated carbocycles. The van der Waals surface area contributed by atoms with Gasteiger partial charge in [-0.1, -0.05) is 0 Å². The molecular formula is C25H21FN4O7S3. The molecule has 40 heavy (non-hydrogen) atoms. The number of fused-ring (bicyclic) bond motifs is 1.